The minimum atomic E-state index is -0.325. The van der Waals surface area contributed by atoms with E-state index in [2.05, 4.69) is 27.4 Å². The molecule has 1 atom stereocenters. The summed E-state index contributed by atoms with van der Waals surface area (Å²) in [6.45, 7) is 4.67. The van der Waals surface area contributed by atoms with E-state index in [-0.39, 0.29) is 17.6 Å². The third-order valence-electron chi connectivity index (χ3n) is 2.82. The first-order valence-electron chi connectivity index (χ1n) is 6.40. The number of carbonyl (C=O) groups excluding carboxylic acids is 1. The van der Waals surface area contributed by atoms with Gasteiger partial charge in [-0.05, 0) is 13.3 Å². The fourth-order valence-electron chi connectivity index (χ4n) is 1.94. The van der Waals surface area contributed by atoms with Crippen LogP contribution in [0.15, 0.2) is 12.5 Å². The van der Waals surface area contributed by atoms with Crippen molar-refractivity contribution in [3.05, 3.63) is 29.1 Å². The zero-order valence-corrected chi connectivity index (χ0v) is 12.4. The lowest BCUT2D eigenvalue weighted by Crippen LogP contribution is -2.29. The Labute approximate surface area is 121 Å². The first-order valence-corrected chi connectivity index (χ1v) is 6.78. The number of nitrogens with zero attached hydrogens (tertiary/aromatic N) is 5. The summed E-state index contributed by atoms with van der Waals surface area (Å²) in [5.74, 6) is 0.390. The minimum Gasteiger partial charge on any atom is -0.341 e. The fraction of sp³-hybridized carbons (Fsp3) is 0.500. The summed E-state index contributed by atoms with van der Waals surface area (Å²) in [5.41, 5.74) is 0.211. The van der Waals surface area contributed by atoms with Crippen molar-refractivity contribution < 1.29 is 4.79 Å². The summed E-state index contributed by atoms with van der Waals surface area (Å²) >= 11 is 5.95. The van der Waals surface area contributed by atoms with Crippen LogP contribution in [0.4, 0.5) is 0 Å². The van der Waals surface area contributed by atoms with Gasteiger partial charge in [0.25, 0.3) is 5.91 Å². The highest BCUT2D eigenvalue weighted by Gasteiger charge is 2.20. The highest BCUT2D eigenvalue weighted by atomic mass is 35.5. The molecule has 7 nitrogen and oxygen atoms in total. The van der Waals surface area contributed by atoms with E-state index in [9.17, 15) is 4.79 Å². The van der Waals surface area contributed by atoms with Crippen LogP contribution in [-0.2, 0) is 13.6 Å². The number of rotatable bonds is 5. The monoisotopic (exact) mass is 296 g/mol. The second-order valence-corrected chi connectivity index (χ2v) is 4.94. The van der Waals surface area contributed by atoms with Crippen molar-refractivity contribution in [1.82, 2.24) is 29.9 Å². The van der Waals surface area contributed by atoms with E-state index in [0.29, 0.717) is 10.8 Å². The van der Waals surface area contributed by atoms with Crippen LogP contribution in [0.5, 0.6) is 0 Å². The Bertz CT molecular complexity index is 605. The van der Waals surface area contributed by atoms with Gasteiger partial charge >= 0.3 is 0 Å². The van der Waals surface area contributed by atoms with Gasteiger partial charge in [0.1, 0.15) is 12.2 Å². The van der Waals surface area contributed by atoms with Crippen molar-refractivity contribution in [2.75, 3.05) is 0 Å². The van der Waals surface area contributed by atoms with Crippen LogP contribution in [0.25, 0.3) is 0 Å². The lowest BCUT2D eigenvalue weighted by atomic mass is 10.3. The molecule has 0 aliphatic carbocycles. The molecule has 0 saturated heterocycles. The molecule has 1 N–H and O–H groups in total. The molecule has 0 bridgehead atoms. The maximum Gasteiger partial charge on any atom is 0.273 e. The Kier molecular flexibility index (Phi) is 4.39. The molecular formula is C12H17ClN6O. The fourth-order valence-corrected chi connectivity index (χ4v) is 2.20. The standard InChI is InChI=1S/C12H17ClN6O/c1-4-5-19-11(14-7-15-19)8(2)16-12(20)10-9(13)6-18(3)17-10/h6-8H,4-5H2,1-3H3,(H,16,20). The molecule has 20 heavy (non-hydrogen) atoms. The predicted molar refractivity (Wildman–Crippen MR) is 74.4 cm³/mol. The lowest BCUT2D eigenvalue weighted by Gasteiger charge is -2.13. The molecule has 2 aromatic heterocycles. The van der Waals surface area contributed by atoms with Gasteiger partial charge in [-0.15, -0.1) is 0 Å². The topological polar surface area (TPSA) is 77.6 Å². The van der Waals surface area contributed by atoms with Crippen LogP contribution < -0.4 is 5.32 Å². The van der Waals surface area contributed by atoms with E-state index < -0.39 is 0 Å². The van der Waals surface area contributed by atoms with Crippen molar-refractivity contribution in [3.63, 3.8) is 0 Å². The van der Waals surface area contributed by atoms with E-state index in [1.807, 2.05) is 6.92 Å². The van der Waals surface area contributed by atoms with E-state index in [4.69, 9.17) is 11.6 Å². The number of amides is 1. The van der Waals surface area contributed by atoms with Gasteiger partial charge in [-0.3, -0.25) is 9.48 Å². The maximum atomic E-state index is 12.1. The molecule has 8 heteroatoms. The molecule has 1 unspecified atom stereocenters. The Balaban J connectivity index is 2.11. The minimum absolute atomic E-state index is 0.211. The van der Waals surface area contributed by atoms with Gasteiger partial charge in [0.2, 0.25) is 0 Å². The third-order valence-corrected chi connectivity index (χ3v) is 3.09. The largest absolute Gasteiger partial charge is 0.341 e. The summed E-state index contributed by atoms with van der Waals surface area (Å²) in [4.78, 5) is 16.3. The zero-order valence-electron chi connectivity index (χ0n) is 11.7. The van der Waals surface area contributed by atoms with Crippen molar-refractivity contribution in [1.29, 1.82) is 0 Å². The molecule has 0 spiro atoms. The van der Waals surface area contributed by atoms with Crippen molar-refractivity contribution >= 4 is 17.5 Å². The molecule has 2 rings (SSSR count). The third kappa shape index (κ3) is 2.98. The number of hydrogen-bond donors (Lipinski definition) is 1. The average molecular weight is 297 g/mol. The molecule has 0 aliphatic rings. The number of aromatic nitrogens is 5. The summed E-state index contributed by atoms with van der Waals surface area (Å²) in [5, 5.41) is 11.3. The number of nitrogens with one attached hydrogen (secondary N) is 1. The quantitative estimate of drug-likeness (QED) is 0.908. The lowest BCUT2D eigenvalue weighted by molar-refractivity contribution is 0.0931. The molecule has 2 aromatic rings. The summed E-state index contributed by atoms with van der Waals surface area (Å²) in [6, 6.07) is -0.269. The number of halogens is 1. The second-order valence-electron chi connectivity index (χ2n) is 4.54. The summed E-state index contributed by atoms with van der Waals surface area (Å²) in [6.07, 6.45) is 4.02. The Morgan fingerprint density at radius 3 is 2.90 bits per heavy atom. The SMILES string of the molecule is CCCn1ncnc1C(C)NC(=O)c1nn(C)cc1Cl. The van der Waals surface area contributed by atoms with Gasteiger partial charge < -0.3 is 5.32 Å². The van der Waals surface area contributed by atoms with Gasteiger partial charge in [0, 0.05) is 19.8 Å². The van der Waals surface area contributed by atoms with Crippen molar-refractivity contribution in [2.24, 2.45) is 7.05 Å². The molecular weight excluding hydrogens is 280 g/mol. The van der Waals surface area contributed by atoms with Crippen LogP contribution in [0.3, 0.4) is 0 Å². The summed E-state index contributed by atoms with van der Waals surface area (Å²) in [7, 11) is 1.71. The van der Waals surface area contributed by atoms with Crippen LogP contribution >= 0.6 is 11.6 Å². The summed E-state index contributed by atoms with van der Waals surface area (Å²) < 4.78 is 3.28. The molecule has 0 aromatic carbocycles. The first kappa shape index (κ1) is 14.5. The van der Waals surface area contributed by atoms with E-state index in [0.717, 1.165) is 13.0 Å². The van der Waals surface area contributed by atoms with Gasteiger partial charge in [-0.1, -0.05) is 18.5 Å². The molecule has 0 saturated carbocycles. The van der Waals surface area contributed by atoms with Gasteiger partial charge in [-0.25, -0.2) is 9.67 Å². The van der Waals surface area contributed by atoms with E-state index in [1.54, 1.807) is 17.9 Å². The highest BCUT2D eigenvalue weighted by molar-refractivity contribution is 6.33. The van der Waals surface area contributed by atoms with Crippen LogP contribution in [-0.4, -0.2) is 30.5 Å². The van der Waals surface area contributed by atoms with Crippen molar-refractivity contribution in [3.8, 4) is 0 Å². The molecule has 0 radical (unpaired) electrons. The predicted octanol–water partition coefficient (Wildman–Crippen LogP) is 1.57. The van der Waals surface area contributed by atoms with Gasteiger partial charge in [0.05, 0.1) is 11.1 Å². The zero-order chi connectivity index (χ0) is 14.7. The molecule has 108 valence electrons. The molecule has 0 fully saturated rings. The van der Waals surface area contributed by atoms with E-state index in [1.165, 1.54) is 11.0 Å². The number of aryl methyl sites for hydroxylation is 2. The Morgan fingerprint density at radius 1 is 1.55 bits per heavy atom. The highest BCUT2D eigenvalue weighted by Crippen LogP contribution is 2.15. The van der Waals surface area contributed by atoms with Gasteiger partial charge in [0.15, 0.2) is 5.69 Å². The van der Waals surface area contributed by atoms with E-state index >= 15 is 0 Å². The Hall–Kier alpha value is -1.89. The first-order chi connectivity index (χ1) is 9.52. The Morgan fingerprint density at radius 2 is 2.30 bits per heavy atom. The normalized spacial score (nSPS) is 12.4. The van der Waals surface area contributed by atoms with Crippen molar-refractivity contribution in [2.45, 2.75) is 32.9 Å². The second kappa shape index (κ2) is 6.04. The molecule has 1 amide bonds. The number of carbonyl (C=O) groups is 1. The average Bonchev–Trinajstić information content (AvgIpc) is 2.96. The van der Waals surface area contributed by atoms with Crippen LogP contribution in [0, 0.1) is 0 Å². The molecule has 2 heterocycles. The van der Waals surface area contributed by atoms with Crippen LogP contribution in [0.2, 0.25) is 5.02 Å². The van der Waals surface area contributed by atoms with Gasteiger partial charge in [-0.2, -0.15) is 10.2 Å². The smallest absolute Gasteiger partial charge is 0.273 e. The number of hydrogen-bond acceptors (Lipinski definition) is 4. The molecule has 0 aliphatic heterocycles. The van der Waals surface area contributed by atoms with Crippen LogP contribution in [0.1, 0.15) is 42.6 Å². The maximum absolute atomic E-state index is 12.1.